The van der Waals surface area contributed by atoms with Gasteiger partial charge in [0, 0.05) is 22.7 Å². The SMILES string of the molecule is Cc1cccc2[nH]cc(C(=O)c3ccc(Br)s3)c12. The van der Waals surface area contributed by atoms with E-state index in [0.717, 1.165) is 30.7 Å². The fourth-order valence-corrected chi connectivity index (χ4v) is 3.46. The second-order valence-corrected chi connectivity index (χ2v) is 6.60. The van der Waals surface area contributed by atoms with Crippen LogP contribution in [0.25, 0.3) is 10.9 Å². The van der Waals surface area contributed by atoms with Gasteiger partial charge in [-0.3, -0.25) is 4.79 Å². The Hall–Kier alpha value is -1.39. The summed E-state index contributed by atoms with van der Waals surface area (Å²) in [5, 5.41) is 1.02. The van der Waals surface area contributed by atoms with Crippen LogP contribution in [-0.4, -0.2) is 10.8 Å². The van der Waals surface area contributed by atoms with Crippen molar-refractivity contribution in [2.24, 2.45) is 0 Å². The molecule has 3 aromatic rings. The molecule has 3 rings (SSSR count). The van der Waals surface area contributed by atoms with Gasteiger partial charge in [0.05, 0.1) is 8.66 Å². The number of aryl methyl sites for hydroxylation is 1. The van der Waals surface area contributed by atoms with E-state index in [-0.39, 0.29) is 5.78 Å². The first-order valence-electron chi connectivity index (χ1n) is 5.53. The number of aromatic amines is 1. The Kier molecular flexibility index (Phi) is 2.84. The third kappa shape index (κ3) is 1.82. The second kappa shape index (κ2) is 4.37. The van der Waals surface area contributed by atoms with Gasteiger partial charge >= 0.3 is 0 Å². The Balaban J connectivity index is 2.18. The van der Waals surface area contributed by atoms with Crippen molar-refractivity contribution in [2.45, 2.75) is 6.92 Å². The van der Waals surface area contributed by atoms with Crippen LogP contribution in [0.4, 0.5) is 0 Å². The van der Waals surface area contributed by atoms with Crippen molar-refractivity contribution in [2.75, 3.05) is 0 Å². The van der Waals surface area contributed by atoms with Gasteiger partial charge in [0.1, 0.15) is 0 Å². The molecule has 0 radical (unpaired) electrons. The lowest BCUT2D eigenvalue weighted by molar-refractivity contribution is 0.104. The molecule has 0 spiro atoms. The number of hydrogen-bond donors (Lipinski definition) is 1. The van der Waals surface area contributed by atoms with Gasteiger partial charge in [0.15, 0.2) is 0 Å². The molecule has 1 N–H and O–H groups in total. The van der Waals surface area contributed by atoms with Crippen LogP contribution in [0.1, 0.15) is 20.8 Å². The zero-order chi connectivity index (χ0) is 12.7. The van der Waals surface area contributed by atoms with Gasteiger partial charge < -0.3 is 4.98 Å². The summed E-state index contributed by atoms with van der Waals surface area (Å²) in [4.78, 5) is 16.4. The fourth-order valence-electron chi connectivity index (χ4n) is 2.12. The van der Waals surface area contributed by atoms with Crippen molar-refractivity contribution in [3.63, 3.8) is 0 Å². The van der Waals surface area contributed by atoms with E-state index in [4.69, 9.17) is 0 Å². The van der Waals surface area contributed by atoms with Crippen molar-refractivity contribution in [3.8, 4) is 0 Å². The minimum absolute atomic E-state index is 0.0752. The summed E-state index contributed by atoms with van der Waals surface area (Å²) in [5.41, 5.74) is 2.87. The van der Waals surface area contributed by atoms with Crippen molar-refractivity contribution in [3.05, 3.63) is 56.3 Å². The van der Waals surface area contributed by atoms with Crippen LogP contribution in [0.5, 0.6) is 0 Å². The quantitative estimate of drug-likeness (QED) is 0.691. The van der Waals surface area contributed by atoms with Crippen molar-refractivity contribution in [1.29, 1.82) is 0 Å². The van der Waals surface area contributed by atoms with Gasteiger partial charge in [0.2, 0.25) is 5.78 Å². The molecule has 2 aromatic heterocycles. The first-order chi connectivity index (χ1) is 8.66. The van der Waals surface area contributed by atoms with Crippen LogP contribution in [0.15, 0.2) is 40.3 Å². The zero-order valence-electron chi connectivity index (χ0n) is 9.66. The van der Waals surface area contributed by atoms with Crippen LogP contribution in [-0.2, 0) is 0 Å². The Morgan fingerprint density at radius 2 is 2.11 bits per heavy atom. The predicted octanol–water partition coefficient (Wildman–Crippen LogP) is 4.53. The summed E-state index contributed by atoms with van der Waals surface area (Å²) >= 11 is 4.85. The highest BCUT2D eigenvalue weighted by atomic mass is 79.9. The molecule has 4 heteroatoms. The highest BCUT2D eigenvalue weighted by molar-refractivity contribution is 9.11. The highest BCUT2D eigenvalue weighted by Gasteiger charge is 2.16. The molecule has 0 bridgehead atoms. The van der Waals surface area contributed by atoms with Crippen LogP contribution >= 0.6 is 27.3 Å². The standard InChI is InChI=1S/C14H10BrNOS/c1-8-3-2-4-10-13(8)9(7-16-10)14(17)11-5-6-12(15)18-11/h2-7,16H,1H3. The molecule has 1 aromatic carbocycles. The Labute approximate surface area is 117 Å². The molecule has 90 valence electrons. The van der Waals surface area contributed by atoms with Gasteiger partial charge in [-0.05, 0) is 46.6 Å². The summed E-state index contributed by atoms with van der Waals surface area (Å²) in [6.45, 7) is 2.03. The number of fused-ring (bicyclic) bond motifs is 1. The Morgan fingerprint density at radius 1 is 1.28 bits per heavy atom. The van der Waals surface area contributed by atoms with Gasteiger partial charge in [-0.1, -0.05) is 12.1 Å². The lowest BCUT2D eigenvalue weighted by Gasteiger charge is -1.99. The number of hydrogen-bond acceptors (Lipinski definition) is 2. The first-order valence-corrected chi connectivity index (χ1v) is 7.14. The van der Waals surface area contributed by atoms with E-state index >= 15 is 0 Å². The molecule has 2 heterocycles. The van der Waals surface area contributed by atoms with Crippen LogP contribution in [0, 0.1) is 6.92 Å². The summed E-state index contributed by atoms with van der Waals surface area (Å²) in [6, 6.07) is 9.76. The number of benzene rings is 1. The molecule has 0 atom stereocenters. The Morgan fingerprint density at radius 3 is 2.83 bits per heavy atom. The minimum Gasteiger partial charge on any atom is -0.360 e. The second-order valence-electron chi connectivity index (χ2n) is 4.13. The molecular formula is C14H10BrNOS. The monoisotopic (exact) mass is 319 g/mol. The van der Waals surface area contributed by atoms with Gasteiger partial charge in [-0.15, -0.1) is 11.3 Å². The molecule has 0 aliphatic heterocycles. The van der Waals surface area contributed by atoms with Crippen LogP contribution in [0.2, 0.25) is 0 Å². The summed E-state index contributed by atoms with van der Waals surface area (Å²) < 4.78 is 0.974. The van der Waals surface area contributed by atoms with E-state index in [1.807, 2.05) is 37.3 Å². The molecule has 0 amide bonds. The molecule has 0 aliphatic rings. The van der Waals surface area contributed by atoms with Crippen LogP contribution < -0.4 is 0 Å². The lowest BCUT2D eigenvalue weighted by Crippen LogP contribution is -1.97. The smallest absolute Gasteiger partial charge is 0.205 e. The molecular weight excluding hydrogens is 310 g/mol. The highest BCUT2D eigenvalue weighted by Crippen LogP contribution is 2.28. The maximum Gasteiger partial charge on any atom is 0.205 e. The molecule has 0 saturated carbocycles. The minimum atomic E-state index is 0.0752. The van der Waals surface area contributed by atoms with E-state index in [1.54, 1.807) is 6.20 Å². The third-order valence-corrected chi connectivity index (χ3v) is 4.58. The van der Waals surface area contributed by atoms with E-state index in [0.29, 0.717) is 0 Å². The molecule has 2 nitrogen and oxygen atoms in total. The van der Waals surface area contributed by atoms with Gasteiger partial charge in [0.25, 0.3) is 0 Å². The molecule has 18 heavy (non-hydrogen) atoms. The van der Waals surface area contributed by atoms with Crippen molar-refractivity contribution >= 4 is 44.0 Å². The average molecular weight is 320 g/mol. The third-order valence-electron chi connectivity index (χ3n) is 2.96. The average Bonchev–Trinajstić information content (AvgIpc) is 2.95. The number of rotatable bonds is 2. The number of aromatic nitrogens is 1. The number of carbonyl (C=O) groups is 1. The van der Waals surface area contributed by atoms with Gasteiger partial charge in [-0.2, -0.15) is 0 Å². The van der Waals surface area contributed by atoms with Crippen molar-refractivity contribution in [1.82, 2.24) is 4.98 Å². The Bertz CT molecular complexity index is 741. The maximum absolute atomic E-state index is 12.5. The summed E-state index contributed by atoms with van der Waals surface area (Å²) in [6.07, 6.45) is 1.80. The zero-order valence-corrected chi connectivity index (χ0v) is 12.1. The molecule has 0 saturated heterocycles. The molecule has 0 unspecified atom stereocenters. The van der Waals surface area contributed by atoms with Gasteiger partial charge in [-0.25, -0.2) is 0 Å². The number of carbonyl (C=O) groups excluding carboxylic acids is 1. The number of halogens is 1. The summed E-state index contributed by atoms with van der Waals surface area (Å²) in [7, 11) is 0. The lowest BCUT2D eigenvalue weighted by atomic mass is 10.0. The first kappa shape index (κ1) is 11.7. The number of thiophene rings is 1. The molecule has 0 aliphatic carbocycles. The normalized spacial score (nSPS) is 11.0. The van der Waals surface area contributed by atoms with Crippen molar-refractivity contribution < 1.29 is 4.79 Å². The molecule has 0 fully saturated rings. The van der Waals surface area contributed by atoms with Crippen LogP contribution in [0.3, 0.4) is 0 Å². The maximum atomic E-state index is 12.5. The number of H-pyrrole nitrogens is 1. The van der Waals surface area contributed by atoms with E-state index in [9.17, 15) is 4.79 Å². The largest absolute Gasteiger partial charge is 0.360 e. The number of ketones is 1. The number of nitrogens with one attached hydrogen (secondary N) is 1. The van der Waals surface area contributed by atoms with E-state index in [1.165, 1.54) is 11.3 Å². The predicted molar refractivity (Wildman–Crippen MR) is 78.5 cm³/mol. The van der Waals surface area contributed by atoms with E-state index in [2.05, 4.69) is 20.9 Å². The summed E-state index contributed by atoms with van der Waals surface area (Å²) in [5.74, 6) is 0.0752. The van der Waals surface area contributed by atoms with E-state index < -0.39 is 0 Å². The fraction of sp³-hybridized carbons (Fsp3) is 0.0714. The topological polar surface area (TPSA) is 32.9 Å².